The van der Waals surface area contributed by atoms with Crippen LogP contribution in [0.2, 0.25) is 0 Å². The van der Waals surface area contributed by atoms with Gasteiger partial charge in [-0.2, -0.15) is 5.10 Å². The average Bonchev–Trinajstić information content (AvgIpc) is 3.39. The molecule has 0 aliphatic carbocycles. The number of carbonyl (C=O) groups is 1. The summed E-state index contributed by atoms with van der Waals surface area (Å²) >= 11 is 1.40. The summed E-state index contributed by atoms with van der Waals surface area (Å²) in [7, 11) is 0. The number of carbonyl (C=O) groups excluding carboxylic acids is 1. The standard InChI is InChI=1S/C22H20N4OS/c1-16-23-14-21(28-16)22(27)24-13-19-5-2-3-6-20(19)18-9-7-17(8-10-18)15-26-12-4-11-25-26/h2-12,14H,13,15H2,1H3,(H,24,27). The molecule has 0 radical (unpaired) electrons. The van der Waals surface area contributed by atoms with Gasteiger partial charge in [0.25, 0.3) is 5.91 Å². The second kappa shape index (κ2) is 8.19. The molecule has 2 heterocycles. The Kier molecular flexibility index (Phi) is 5.30. The van der Waals surface area contributed by atoms with Gasteiger partial charge in [0.05, 0.1) is 17.7 Å². The molecule has 0 unspecified atom stereocenters. The molecule has 1 amide bonds. The minimum Gasteiger partial charge on any atom is -0.347 e. The van der Waals surface area contributed by atoms with Crippen LogP contribution in [0.1, 0.15) is 25.8 Å². The van der Waals surface area contributed by atoms with E-state index in [9.17, 15) is 4.79 Å². The van der Waals surface area contributed by atoms with Crippen LogP contribution < -0.4 is 5.32 Å². The van der Waals surface area contributed by atoms with Gasteiger partial charge in [-0.15, -0.1) is 11.3 Å². The van der Waals surface area contributed by atoms with Gasteiger partial charge in [0.15, 0.2) is 0 Å². The van der Waals surface area contributed by atoms with E-state index < -0.39 is 0 Å². The predicted octanol–water partition coefficient (Wildman–Crippen LogP) is 4.29. The van der Waals surface area contributed by atoms with E-state index in [1.807, 2.05) is 42.1 Å². The van der Waals surface area contributed by atoms with Crippen LogP contribution in [-0.2, 0) is 13.1 Å². The lowest BCUT2D eigenvalue weighted by atomic mass is 9.98. The van der Waals surface area contributed by atoms with Crippen molar-refractivity contribution in [2.24, 2.45) is 0 Å². The van der Waals surface area contributed by atoms with E-state index in [4.69, 9.17) is 0 Å². The second-order valence-corrected chi connectivity index (χ2v) is 7.72. The van der Waals surface area contributed by atoms with Gasteiger partial charge in [-0.1, -0.05) is 48.5 Å². The van der Waals surface area contributed by atoms with Gasteiger partial charge in [-0.3, -0.25) is 9.48 Å². The van der Waals surface area contributed by atoms with E-state index in [0.717, 1.165) is 28.2 Å². The van der Waals surface area contributed by atoms with Crippen LogP contribution in [0.5, 0.6) is 0 Å². The van der Waals surface area contributed by atoms with E-state index in [1.165, 1.54) is 16.9 Å². The Balaban J connectivity index is 1.48. The molecule has 0 atom stereocenters. The summed E-state index contributed by atoms with van der Waals surface area (Å²) < 4.78 is 1.90. The van der Waals surface area contributed by atoms with Crippen molar-refractivity contribution < 1.29 is 4.79 Å². The maximum absolute atomic E-state index is 12.3. The summed E-state index contributed by atoms with van der Waals surface area (Å²) in [6.45, 7) is 3.12. The zero-order valence-corrected chi connectivity index (χ0v) is 16.3. The molecule has 0 spiro atoms. The largest absolute Gasteiger partial charge is 0.347 e. The number of aromatic nitrogens is 3. The fraction of sp³-hybridized carbons (Fsp3) is 0.136. The number of rotatable bonds is 6. The fourth-order valence-electron chi connectivity index (χ4n) is 3.06. The molecule has 0 saturated carbocycles. The number of thiazole rings is 1. The summed E-state index contributed by atoms with van der Waals surface area (Å²) in [4.78, 5) is 17.1. The summed E-state index contributed by atoms with van der Waals surface area (Å²) in [5.41, 5.74) is 4.52. The number of amides is 1. The summed E-state index contributed by atoms with van der Waals surface area (Å²) in [5.74, 6) is -0.0880. The number of aryl methyl sites for hydroxylation is 1. The average molecular weight is 388 g/mol. The van der Waals surface area contributed by atoms with Gasteiger partial charge in [-0.25, -0.2) is 4.98 Å². The number of hydrogen-bond donors (Lipinski definition) is 1. The zero-order valence-electron chi connectivity index (χ0n) is 15.5. The Hall–Kier alpha value is -3.25. The summed E-state index contributed by atoms with van der Waals surface area (Å²) in [6.07, 6.45) is 5.36. The molecule has 0 bridgehead atoms. The summed E-state index contributed by atoms with van der Waals surface area (Å²) in [6, 6.07) is 18.5. The van der Waals surface area contributed by atoms with Gasteiger partial charge in [-0.05, 0) is 35.2 Å². The molecule has 0 aliphatic heterocycles. The lowest BCUT2D eigenvalue weighted by Crippen LogP contribution is -2.22. The first-order chi connectivity index (χ1) is 13.7. The van der Waals surface area contributed by atoms with Crippen LogP contribution in [0.15, 0.2) is 73.2 Å². The topological polar surface area (TPSA) is 59.8 Å². The third kappa shape index (κ3) is 4.18. The Morgan fingerprint density at radius 1 is 1.11 bits per heavy atom. The first-order valence-corrected chi connectivity index (χ1v) is 9.86. The quantitative estimate of drug-likeness (QED) is 0.536. The van der Waals surface area contributed by atoms with Crippen LogP contribution in [0.3, 0.4) is 0 Å². The molecule has 1 N–H and O–H groups in total. The third-order valence-electron chi connectivity index (χ3n) is 4.47. The molecule has 4 aromatic rings. The van der Waals surface area contributed by atoms with E-state index in [2.05, 4.69) is 45.7 Å². The SMILES string of the molecule is Cc1ncc(C(=O)NCc2ccccc2-c2ccc(Cn3cccn3)cc2)s1. The van der Waals surface area contributed by atoms with Crippen molar-refractivity contribution in [3.63, 3.8) is 0 Å². The molecular formula is C22H20N4OS. The lowest BCUT2D eigenvalue weighted by molar-refractivity contribution is 0.0955. The van der Waals surface area contributed by atoms with Gasteiger partial charge in [0.1, 0.15) is 4.88 Å². The Labute approximate surface area is 167 Å². The molecule has 2 aromatic carbocycles. The molecule has 0 saturated heterocycles. The Morgan fingerprint density at radius 3 is 2.64 bits per heavy atom. The van der Waals surface area contributed by atoms with Crippen LogP contribution in [0.4, 0.5) is 0 Å². The zero-order chi connectivity index (χ0) is 19.3. The number of nitrogens with one attached hydrogen (secondary N) is 1. The van der Waals surface area contributed by atoms with E-state index in [0.29, 0.717) is 11.4 Å². The van der Waals surface area contributed by atoms with Crippen LogP contribution >= 0.6 is 11.3 Å². The highest BCUT2D eigenvalue weighted by molar-refractivity contribution is 7.13. The van der Waals surface area contributed by atoms with Gasteiger partial charge < -0.3 is 5.32 Å². The maximum Gasteiger partial charge on any atom is 0.263 e. The minimum absolute atomic E-state index is 0.0880. The molecular weight excluding hydrogens is 368 g/mol. The normalized spacial score (nSPS) is 10.8. The number of nitrogens with zero attached hydrogens (tertiary/aromatic N) is 3. The number of hydrogen-bond acceptors (Lipinski definition) is 4. The second-order valence-electron chi connectivity index (χ2n) is 6.48. The monoisotopic (exact) mass is 388 g/mol. The predicted molar refractivity (Wildman–Crippen MR) is 111 cm³/mol. The van der Waals surface area contributed by atoms with Crippen molar-refractivity contribution in [1.82, 2.24) is 20.1 Å². The lowest BCUT2D eigenvalue weighted by Gasteiger charge is -2.11. The molecule has 28 heavy (non-hydrogen) atoms. The van der Waals surface area contributed by atoms with Crippen LogP contribution in [0.25, 0.3) is 11.1 Å². The first-order valence-electron chi connectivity index (χ1n) is 9.04. The van der Waals surface area contributed by atoms with Crippen LogP contribution in [-0.4, -0.2) is 20.7 Å². The first kappa shape index (κ1) is 18.1. The highest BCUT2D eigenvalue weighted by atomic mass is 32.1. The molecule has 140 valence electrons. The highest BCUT2D eigenvalue weighted by Gasteiger charge is 2.10. The van der Waals surface area contributed by atoms with Crippen molar-refractivity contribution in [3.8, 4) is 11.1 Å². The third-order valence-corrected chi connectivity index (χ3v) is 5.38. The van der Waals surface area contributed by atoms with Crippen molar-refractivity contribution in [2.75, 3.05) is 0 Å². The smallest absolute Gasteiger partial charge is 0.263 e. The van der Waals surface area contributed by atoms with Crippen molar-refractivity contribution in [1.29, 1.82) is 0 Å². The van der Waals surface area contributed by atoms with Crippen LogP contribution in [0, 0.1) is 6.92 Å². The van der Waals surface area contributed by atoms with Gasteiger partial charge in [0, 0.05) is 18.9 Å². The molecule has 0 aliphatic rings. The molecule has 5 nitrogen and oxygen atoms in total. The van der Waals surface area contributed by atoms with Crippen molar-refractivity contribution >= 4 is 17.2 Å². The minimum atomic E-state index is -0.0880. The molecule has 4 rings (SSSR count). The summed E-state index contributed by atoms with van der Waals surface area (Å²) in [5, 5.41) is 8.14. The highest BCUT2D eigenvalue weighted by Crippen LogP contribution is 2.24. The van der Waals surface area contributed by atoms with Crippen molar-refractivity contribution in [2.45, 2.75) is 20.0 Å². The fourth-order valence-corrected chi connectivity index (χ4v) is 3.75. The van der Waals surface area contributed by atoms with Gasteiger partial charge >= 0.3 is 0 Å². The van der Waals surface area contributed by atoms with E-state index in [-0.39, 0.29) is 5.91 Å². The van der Waals surface area contributed by atoms with E-state index in [1.54, 1.807) is 12.4 Å². The number of benzene rings is 2. The maximum atomic E-state index is 12.3. The molecule has 6 heteroatoms. The Bertz CT molecular complexity index is 1070. The van der Waals surface area contributed by atoms with E-state index >= 15 is 0 Å². The molecule has 0 fully saturated rings. The van der Waals surface area contributed by atoms with Crippen molar-refractivity contribution in [3.05, 3.63) is 94.2 Å². The molecule has 2 aromatic heterocycles. The van der Waals surface area contributed by atoms with Gasteiger partial charge in [0.2, 0.25) is 0 Å². The Morgan fingerprint density at radius 2 is 1.93 bits per heavy atom.